The van der Waals surface area contributed by atoms with E-state index >= 15 is 0 Å². The zero-order valence-corrected chi connectivity index (χ0v) is 12.4. The molecule has 1 N–H and O–H groups in total. The van der Waals surface area contributed by atoms with Gasteiger partial charge in [0.15, 0.2) is 0 Å². The largest absolute Gasteiger partial charge is 0.306 e. The summed E-state index contributed by atoms with van der Waals surface area (Å²) in [6, 6.07) is 6.43. The van der Waals surface area contributed by atoms with Crippen molar-refractivity contribution in [3.05, 3.63) is 49.9 Å². The predicted molar refractivity (Wildman–Crippen MR) is 76.3 cm³/mol. The molecule has 1 aromatic carbocycles. The van der Waals surface area contributed by atoms with E-state index in [0.29, 0.717) is 0 Å². The predicted octanol–water partition coefficient (Wildman–Crippen LogP) is 3.81. The Bertz CT molecular complexity index is 508. The summed E-state index contributed by atoms with van der Waals surface area (Å²) >= 11 is 5.29. The summed E-state index contributed by atoms with van der Waals surface area (Å²) in [5.41, 5.74) is 3.66. The average Bonchev–Trinajstić information content (AvgIpc) is 2.68. The third-order valence-corrected chi connectivity index (χ3v) is 4.17. The monoisotopic (exact) mass is 310 g/mol. The van der Waals surface area contributed by atoms with Crippen LogP contribution in [0.5, 0.6) is 0 Å². The third kappa shape index (κ3) is 3.63. The van der Waals surface area contributed by atoms with Crippen LogP contribution in [0.3, 0.4) is 0 Å². The van der Waals surface area contributed by atoms with E-state index in [9.17, 15) is 0 Å². The molecule has 0 saturated carbocycles. The van der Waals surface area contributed by atoms with Crippen molar-refractivity contribution in [2.45, 2.75) is 26.9 Å². The van der Waals surface area contributed by atoms with Gasteiger partial charge in [0, 0.05) is 28.6 Å². The first-order valence-corrected chi connectivity index (χ1v) is 7.19. The van der Waals surface area contributed by atoms with Crippen molar-refractivity contribution in [3.63, 3.8) is 0 Å². The summed E-state index contributed by atoms with van der Waals surface area (Å²) in [5.74, 6) is 0. The van der Waals surface area contributed by atoms with Gasteiger partial charge in [0.05, 0.1) is 0 Å². The lowest BCUT2D eigenvalue weighted by atomic mass is 10.1. The second-order valence-electron chi connectivity index (χ2n) is 4.08. The van der Waals surface area contributed by atoms with Gasteiger partial charge in [-0.1, -0.05) is 28.1 Å². The first kappa shape index (κ1) is 12.7. The van der Waals surface area contributed by atoms with Crippen LogP contribution in [0.15, 0.2) is 28.1 Å². The minimum absolute atomic E-state index is 0.832. The number of aryl methyl sites for hydroxylation is 2. The summed E-state index contributed by atoms with van der Waals surface area (Å²) < 4.78 is 1.17. The molecule has 2 aromatic rings. The molecule has 0 spiro atoms. The fraction of sp³-hybridized carbons (Fsp3) is 0.308. The lowest BCUT2D eigenvalue weighted by Crippen LogP contribution is -2.12. The first-order valence-electron chi connectivity index (χ1n) is 5.52. The molecule has 4 heteroatoms. The smallest absolute Gasteiger partial charge is 0.107 e. The second kappa shape index (κ2) is 5.76. The molecular weight excluding hydrogens is 296 g/mol. The van der Waals surface area contributed by atoms with Crippen LogP contribution in [0.4, 0.5) is 0 Å². The maximum atomic E-state index is 4.42. The second-order valence-corrected chi connectivity index (χ2v) is 5.88. The van der Waals surface area contributed by atoms with Gasteiger partial charge in [-0.15, -0.1) is 11.3 Å². The van der Waals surface area contributed by atoms with Gasteiger partial charge in [0.1, 0.15) is 5.01 Å². The van der Waals surface area contributed by atoms with Crippen LogP contribution in [0.2, 0.25) is 0 Å². The quantitative estimate of drug-likeness (QED) is 0.928. The van der Waals surface area contributed by atoms with E-state index in [4.69, 9.17) is 0 Å². The fourth-order valence-electron chi connectivity index (χ4n) is 1.58. The number of rotatable bonds is 4. The molecule has 0 amide bonds. The van der Waals surface area contributed by atoms with Crippen molar-refractivity contribution >= 4 is 27.3 Å². The van der Waals surface area contributed by atoms with Gasteiger partial charge in [0.2, 0.25) is 0 Å². The van der Waals surface area contributed by atoms with Crippen LogP contribution in [-0.4, -0.2) is 4.98 Å². The minimum atomic E-state index is 0.832. The Morgan fingerprint density at radius 2 is 2.12 bits per heavy atom. The highest BCUT2D eigenvalue weighted by atomic mass is 79.9. The Morgan fingerprint density at radius 3 is 2.76 bits per heavy atom. The van der Waals surface area contributed by atoms with Crippen LogP contribution < -0.4 is 5.32 Å². The molecule has 0 aliphatic rings. The molecule has 1 aromatic heterocycles. The van der Waals surface area contributed by atoms with Crippen LogP contribution in [0.25, 0.3) is 0 Å². The molecule has 0 bridgehead atoms. The minimum Gasteiger partial charge on any atom is -0.306 e. The summed E-state index contributed by atoms with van der Waals surface area (Å²) in [6.07, 6.45) is 0. The van der Waals surface area contributed by atoms with Gasteiger partial charge in [-0.05, 0) is 31.0 Å². The van der Waals surface area contributed by atoms with E-state index in [1.165, 1.54) is 15.6 Å². The maximum absolute atomic E-state index is 4.42. The van der Waals surface area contributed by atoms with Gasteiger partial charge >= 0.3 is 0 Å². The molecule has 0 unspecified atom stereocenters. The number of benzene rings is 1. The van der Waals surface area contributed by atoms with Gasteiger partial charge in [-0.25, -0.2) is 4.98 Å². The number of hydrogen-bond acceptors (Lipinski definition) is 3. The Hall–Kier alpha value is -0.710. The van der Waals surface area contributed by atoms with Crippen LogP contribution >= 0.6 is 27.3 Å². The Balaban J connectivity index is 1.90. The normalized spacial score (nSPS) is 10.8. The van der Waals surface area contributed by atoms with E-state index in [0.717, 1.165) is 23.8 Å². The first-order chi connectivity index (χ1) is 8.15. The zero-order chi connectivity index (χ0) is 12.3. The van der Waals surface area contributed by atoms with Gasteiger partial charge < -0.3 is 5.32 Å². The van der Waals surface area contributed by atoms with Crippen LogP contribution in [-0.2, 0) is 13.1 Å². The van der Waals surface area contributed by atoms with Gasteiger partial charge in [0.25, 0.3) is 0 Å². The Labute approximate surface area is 114 Å². The topological polar surface area (TPSA) is 24.9 Å². The van der Waals surface area contributed by atoms with Gasteiger partial charge in [-0.2, -0.15) is 0 Å². The zero-order valence-electron chi connectivity index (χ0n) is 9.96. The maximum Gasteiger partial charge on any atom is 0.107 e. The van der Waals surface area contributed by atoms with E-state index in [1.807, 2.05) is 6.92 Å². The van der Waals surface area contributed by atoms with Crippen molar-refractivity contribution in [1.29, 1.82) is 0 Å². The van der Waals surface area contributed by atoms with Crippen LogP contribution in [0, 0.1) is 13.8 Å². The molecule has 2 rings (SSSR count). The number of aromatic nitrogens is 1. The van der Waals surface area contributed by atoms with Crippen molar-refractivity contribution in [1.82, 2.24) is 10.3 Å². The molecule has 0 radical (unpaired) electrons. The van der Waals surface area contributed by atoms with Crippen molar-refractivity contribution in [2.24, 2.45) is 0 Å². The molecule has 90 valence electrons. The van der Waals surface area contributed by atoms with Crippen molar-refractivity contribution in [3.8, 4) is 0 Å². The number of hydrogen-bond donors (Lipinski definition) is 1. The molecule has 0 aliphatic carbocycles. The molecule has 0 fully saturated rings. The Kier molecular flexibility index (Phi) is 4.31. The number of nitrogens with zero attached hydrogens (tertiary/aromatic N) is 1. The SMILES string of the molecule is Cc1ccc(CNCc2nc(C)cs2)c(Br)c1. The summed E-state index contributed by atoms with van der Waals surface area (Å²) in [7, 11) is 0. The molecule has 17 heavy (non-hydrogen) atoms. The van der Waals surface area contributed by atoms with E-state index in [1.54, 1.807) is 11.3 Å². The number of nitrogens with one attached hydrogen (secondary N) is 1. The number of thiazole rings is 1. The standard InChI is InChI=1S/C13H15BrN2S/c1-9-3-4-11(12(14)5-9)6-15-7-13-16-10(2)8-17-13/h3-5,8,15H,6-7H2,1-2H3. The molecule has 2 nitrogen and oxygen atoms in total. The molecule has 0 saturated heterocycles. The lowest BCUT2D eigenvalue weighted by Gasteiger charge is -2.06. The highest BCUT2D eigenvalue weighted by Crippen LogP contribution is 2.18. The summed E-state index contributed by atoms with van der Waals surface area (Å²) in [6.45, 7) is 5.81. The fourth-order valence-corrected chi connectivity index (χ4v) is 2.96. The Morgan fingerprint density at radius 1 is 1.29 bits per heavy atom. The van der Waals surface area contributed by atoms with E-state index in [-0.39, 0.29) is 0 Å². The van der Waals surface area contributed by atoms with E-state index < -0.39 is 0 Å². The highest BCUT2D eigenvalue weighted by molar-refractivity contribution is 9.10. The molecule has 1 heterocycles. The van der Waals surface area contributed by atoms with E-state index in [2.05, 4.69) is 56.7 Å². The van der Waals surface area contributed by atoms with Crippen LogP contribution in [0.1, 0.15) is 21.8 Å². The van der Waals surface area contributed by atoms with Gasteiger partial charge in [-0.3, -0.25) is 0 Å². The molecular formula is C13H15BrN2S. The molecule has 0 aliphatic heterocycles. The average molecular weight is 311 g/mol. The third-order valence-electron chi connectivity index (χ3n) is 2.47. The number of halogens is 1. The highest BCUT2D eigenvalue weighted by Gasteiger charge is 2.01. The molecule has 0 atom stereocenters. The van der Waals surface area contributed by atoms with Crippen molar-refractivity contribution < 1.29 is 0 Å². The summed E-state index contributed by atoms with van der Waals surface area (Å²) in [5, 5.41) is 6.64. The lowest BCUT2D eigenvalue weighted by molar-refractivity contribution is 0.687. The summed E-state index contributed by atoms with van der Waals surface area (Å²) in [4.78, 5) is 4.42. The van der Waals surface area contributed by atoms with Crippen molar-refractivity contribution in [2.75, 3.05) is 0 Å².